The van der Waals surface area contributed by atoms with Crippen LogP contribution in [0.2, 0.25) is 0 Å². The molecular weight excluding hydrogens is 469 g/mol. The monoisotopic (exact) mass is 497 g/mol. The van der Waals surface area contributed by atoms with Gasteiger partial charge < -0.3 is 24.8 Å². The van der Waals surface area contributed by atoms with Gasteiger partial charge in [-0.1, -0.05) is 30.3 Å². The van der Waals surface area contributed by atoms with Gasteiger partial charge in [-0.3, -0.25) is 4.99 Å². The van der Waals surface area contributed by atoms with Crippen LogP contribution < -0.4 is 24.8 Å². The Labute approximate surface area is 183 Å². The number of fused-ring (bicyclic) bond motifs is 1. The van der Waals surface area contributed by atoms with Gasteiger partial charge in [0.25, 0.3) is 0 Å². The normalized spacial score (nSPS) is 15.3. The van der Waals surface area contributed by atoms with Crippen molar-refractivity contribution in [1.82, 2.24) is 10.6 Å². The molecule has 7 heteroatoms. The molecule has 2 aromatic rings. The van der Waals surface area contributed by atoms with Crippen LogP contribution >= 0.6 is 24.0 Å². The summed E-state index contributed by atoms with van der Waals surface area (Å²) in [5.74, 6) is 3.27. The molecule has 0 amide bonds. The van der Waals surface area contributed by atoms with Gasteiger partial charge in [0, 0.05) is 13.6 Å². The fraction of sp³-hybridized carbons (Fsp3) is 0.381. The summed E-state index contributed by atoms with van der Waals surface area (Å²) in [4.78, 5) is 4.25. The molecule has 1 unspecified atom stereocenters. The molecule has 1 aliphatic rings. The van der Waals surface area contributed by atoms with E-state index in [0.717, 1.165) is 42.6 Å². The maximum absolute atomic E-state index is 5.94. The van der Waals surface area contributed by atoms with Crippen LogP contribution in [0.3, 0.4) is 0 Å². The molecule has 1 atom stereocenters. The Hall–Kier alpha value is -2.16. The van der Waals surface area contributed by atoms with E-state index in [0.29, 0.717) is 19.8 Å². The van der Waals surface area contributed by atoms with E-state index in [9.17, 15) is 0 Å². The van der Waals surface area contributed by atoms with Crippen molar-refractivity contribution in [3.63, 3.8) is 0 Å². The largest absolute Gasteiger partial charge is 0.494 e. The zero-order chi connectivity index (χ0) is 18.7. The van der Waals surface area contributed by atoms with E-state index >= 15 is 0 Å². The van der Waals surface area contributed by atoms with Crippen LogP contribution in [0.4, 0.5) is 0 Å². The Morgan fingerprint density at radius 1 is 1.04 bits per heavy atom. The minimum Gasteiger partial charge on any atom is -0.494 e. The van der Waals surface area contributed by atoms with Crippen molar-refractivity contribution in [3.05, 3.63) is 54.6 Å². The van der Waals surface area contributed by atoms with E-state index in [-0.39, 0.29) is 30.1 Å². The van der Waals surface area contributed by atoms with Gasteiger partial charge in [0.15, 0.2) is 17.5 Å². The van der Waals surface area contributed by atoms with Gasteiger partial charge in [0.05, 0.1) is 13.2 Å². The first-order chi connectivity index (χ1) is 13.3. The molecule has 28 heavy (non-hydrogen) atoms. The predicted octanol–water partition coefficient (Wildman–Crippen LogP) is 3.47. The smallest absolute Gasteiger partial charge is 0.191 e. The SMILES string of the molecule is CN=C(NCCCCOc1ccccc1)NCC1COc2ccccc2O1.I. The average molecular weight is 497 g/mol. The molecule has 0 bridgehead atoms. The quantitative estimate of drug-likeness (QED) is 0.253. The van der Waals surface area contributed by atoms with E-state index in [2.05, 4.69) is 15.6 Å². The van der Waals surface area contributed by atoms with E-state index in [1.54, 1.807) is 7.05 Å². The number of halogens is 1. The highest BCUT2D eigenvalue weighted by Crippen LogP contribution is 2.30. The van der Waals surface area contributed by atoms with Gasteiger partial charge in [0.1, 0.15) is 18.5 Å². The number of guanidine groups is 1. The summed E-state index contributed by atoms with van der Waals surface area (Å²) in [5.41, 5.74) is 0. The first kappa shape index (κ1) is 22.1. The summed E-state index contributed by atoms with van der Waals surface area (Å²) in [6.45, 7) is 2.70. The third-order valence-corrected chi connectivity index (χ3v) is 4.16. The van der Waals surface area contributed by atoms with Gasteiger partial charge in [-0.25, -0.2) is 0 Å². The summed E-state index contributed by atoms with van der Waals surface area (Å²) in [7, 11) is 1.77. The molecule has 0 aliphatic carbocycles. The molecule has 3 rings (SSSR count). The molecule has 2 aromatic carbocycles. The lowest BCUT2D eigenvalue weighted by atomic mass is 10.2. The molecule has 6 nitrogen and oxygen atoms in total. The Bertz CT molecular complexity index is 728. The molecule has 2 N–H and O–H groups in total. The van der Waals surface area contributed by atoms with Crippen molar-refractivity contribution >= 4 is 29.9 Å². The molecule has 0 saturated heterocycles. The number of aliphatic imine (C=N–C) groups is 1. The number of benzene rings is 2. The number of hydrogen-bond donors (Lipinski definition) is 2. The van der Waals surface area contributed by atoms with E-state index in [4.69, 9.17) is 14.2 Å². The molecule has 0 saturated carbocycles. The molecule has 152 valence electrons. The highest BCUT2D eigenvalue weighted by molar-refractivity contribution is 14.0. The number of rotatable bonds is 8. The van der Waals surface area contributed by atoms with E-state index < -0.39 is 0 Å². The second-order valence-corrected chi connectivity index (χ2v) is 6.25. The fourth-order valence-electron chi connectivity index (χ4n) is 2.74. The molecule has 0 aromatic heterocycles. The molecule has 0 radical (unpaired) electrons. The van der Waals surface area contributed by atoms with Crippen LogP contribution in [0.25, 0.3) is 0 Å². The molecule has 1 aliphatic heterocycles. The van der Waals surface area contributed by atoms with Crippen LogP contribution in [0.1, 0.15) is 12.8 Å². The third-order valence-electron chi connectivity index (χ3n) is 4.16. The van der Waals surface area contributed by atoms with Gasteiger partial charge in [-0.15, -0.1) is 24.0 Å². The van der Waals surface area contributed by atoms with Crippen molar-refractivity contribution in [2.24, 2.45) is 4.99 Å². The van der Waals surface area contributed by atoms with Crippen molar-refractivity contribution in [1.29, 1.82) is 0 Å². The number of nitrogens with zero attached hydrogens (tertiary/aromatic N) is 1. The van der Waals surface area contributed by atoms with Crippen molar-refractivity contribution < 1.29 is 14.2 Å². The first-order valence-electron chi connectivity index (χ1n) is 9.36. The van der Waals surface area contributed by atoms with Crippen molar-refractivity contribution in [2.45, 2.75) is 18.9 Å². The third kappa shape index (κ3) is 7.10. The number of para-hydroxylation sites is 3. The number of ether oxygens (including phenoxy) is 3. The lowest BCUT2D eigenvalue weighted by Gasteiger charge is -2.27. The zero-order valence-electron chi connectivity index (χ0n) is 16.1. The maximum atomic E-state index is 5.94. The zero-order valence-corrected chi connectivity index (χ0v) is 18.4. The number of unbranched alkanes of at least 4 members (excludes halogenated alkanes) is 1. The highest BCUT2D eigenvalue weighted by atomic mass is 127. The van der Waals surface area contributed by atoms with Crippen molar-refractivity contribution in [3.8, 4) is 17.2 Å². The van der Waals surface area contributed by atoms with Crippen LogP contribution in [-0.2, 0) is 0 Å². The predicted molar refractivity (Wildman–Crippen MR) is 122 cm³/mol. The first-order valence-corrected chi connectivity index (χ1v) is 9.36. The summed E-state index contributed by atoms with van der Waals surface area (Å²) < 4.78 is 17.4. The number of nitrogens with one attached hydrogen (secondary N) is 2. The summed E-state index contributed by atoms with van der Waals surface area (Å²) >= 11 is 0. The van der Waals surface area contributed by atoms with Crippen LogP contribution in [0.5, 0.6) is 17.2 Å². The second-order valence-electron chi connectivity index (χ2n) is 6.25. The summed E-state index contributed by atoms with van der Waals surface area (Å²) in [5, 5.41) is 6.60. The number of hydrogen-bond acceptors (Lipinski definition) is 4. The van der Waals surface area contributed by atoms with E-state index in [1.807, 2.05) is 54.6 Å². The maximum Gasteiger partial charge on any atom is 0.191 e. The van der Waals surface area contributed by atoms with Crippen LogP contribution in [-0.4, -0.2) is 45.4 Å². The Balaban J connectivity index is 0.00000280. The fourth-order valence-corrected chi connectivity index (χ4v) is 2.74. The minimum atomic E-state index is -0.0438. The Morgan fingerprint density at radius 3 is 2.57 bits per heavy atom. The Morgan fingerprint density at radius 2 is 1.79 bits per heavy atom. The average Bonchev–Trinajstić information content (AvgIpc) is 2.73. The Kier molecular flexibility index (Phi) is 9.74. The summed E-state index contributed by atoms with van der Waals surface area (Å²) in [6.07, 6.45) is 1.94. The minimum absolute atomic E-state index is 0. The topological polar surface area (TPSA) is 64.1 Å². The second kappa shape index (κ2) is 12.3. The van der Waals surface area contributed by atoms with Crippen LogP contribution in [0, 0.1) is 0 Å². The molecule has 1 heterocycles. The molecule has 0 fully saturated rings. The van der Waals surface area contributed by atoms with Crippen molar-refractivity contribution in [2.75, 3.05) is 33.4 Å². The van der Waals surface area contributed by atoms with Crippen LogP contribution in [0.15, 0.2) is 59.6 Å². The van der Waals surface area contributed by atoms with Gasteiger partial charge in [0.2, 0.25) is 0 Å². The lowest BCUT2D eigenvalue weighted by molar-refractivity contribution is 0.0936. The summed E-state index contributed by atoms with van der Waals surface area (Å²) in [6, 6.07) is 17.6. The van der Waals surface area contributed by atoms with Gasteiger partial charge in [-0.05, 0) is 37.1 Å². The molecule has 0 spiro atoms. The standard InChI is InChI=1S/C21H27N3O3.HI/c1-22-21(23-13-7-8-14-25-17-9-3-2-4-10-17)24-15-18-16-26-19-11-5-6-12-20(19)27-18;/h2-6,9-12,18H,7-8,13-16H2,1H3,(H2,22,23,24);1H. The lowest BCUT2D eigenvalue weighted by Crippen LogP contribution is -2.45. The molecular formula is C21H28IN3O3. The van der Waals surface area contributed by atoms with Gasteiger partial charge in [-0.2, -0.15) is 0 Å². The van der Waals surface area contributed by atoms with Gasteiger partial charge >= 0.3 is 0 Å². The van der Waals surface area contributed by atoms with E-state index in [1.165, 1.54) is 0 Å². The highest BCUT2D eigenvalue weighted by Gasteiger charge is 2.20.